The van der Waals surface area contributed by atoms with Crippen LogP contribution in [0.3, 0.4) is 0 Å². The lowest BCUT2D eigenvalue weighted by atomic mass is 10.4. The van der Waals surface area contributed by atoms with Gasteiger partial charge in [-0.3, -0.25) is 0 Å². The zero-order valence-corrected chi connectivity index (χ0v) is 10.4. The number of nitrogens with zero attached hydrogens (tertiary/aromatic N) is 8. The Morgan fingerprint density at radius 3 is 3.00 bits per heavy atom. The fraction of sp³-hybridized carbons (Fsp3) is 0.125. The van der Waals surface area contributed by atoms with Crippen LogP contribution in [0.2, 0.25) is 0 Å². The Bertz CT molecular complexity index is 614. The Kier molecular flexibility index (Phi) is 2.51. The number of hydrogen-bond acceptors (Lipinski definition) is 12. The highest BCUT2D eigenvalue weighted by Crippen LogP contribution is 2.46. The Labute approximate surface area is 115 Å². The third kappa shape index (κ3) is 1.77. The molecule has 12 heteroatoms. The lowest BCUT2D eigenvalue weighted by molar-refractivity contribution is 0.307. The molecule has 20 heavy (non-hydrogen) atoms. The summed E-state index contributed by atoms with van der Waals surface area (Å²) in [6.07, 6.45) is 4.18. The van der Waals surface area contributed by atoms with Gasteiger partial charge in [0.05, 0.1) is 0 Å². The van der Waals surface area contributed by atoms with Gasteiger partial charge in [0.15, 0.2) is 18.7 Å². The highest BCUT2D eigenvalue weighted by Gasteiger charge is 2.39. The minimum Gasteiger partial charge on any atom is -0.410 e. The van der Waals surface area contributed by atoms with Crippen molar-refractivity contribution in [2.75, 3.05) is 9.21 Å². The lowest BCUT2D eigenvalue weighted by Gasteiger charge is -2.16. The quantitative estimate of drug-likeness (QED) is 0.629. The number of aromatic nitrogens is 6. The molecule has 101 valence electrons. The van der Waals surface area contributed by atoms with E-state index >= 15 is 0 Å². The predicted molar refractivity (Wildman–Crippen MR) is 62.5 cm³/mol. The van der Waals surface area contributed by atoms with Crippen LogP contribution in [-0.4, -0.2) is 30.9 Å². The van der Waals surface area contributed by atoms with E-state index in [2.05, 4.69) is 35.5 Å². The molecule has 4 heterocycles. The molecule has 1 atom stereocenters. The molecule has 0 spiro atoms. The first kappa shape index (κ1) is 11.2. The summed E-state index contributed by atoms with van der Waals surface area (Å²) < 4.78 is 16.2. The highest BCUT2D eigenvalue weighted by atomic mass is 32.2. The van der Waals surface area contributed by atoms with Crippen molar-refractivity contribution in [2.45, 2.75) is 5.37 Å². The second-order valence-electron chi connectivity index (χ2n) is 3.62. The maximum absolute atomic E-state index is 5.15. The summed E-state index contributed by atoms with van der Waals surface area (Å²) in [4.78, 5) is 1.77. The first-order valence-electron chi connectivity index (χ1n) is 5.32. The van der Waals surface area contributed by atoms with Crippen molar-refractivity contribution in [2.24, 2.45) is 0 Å². The zero-order chi connectivity index (χ0) is 13.4. The molecule has 1 aliphatic rings. The van der Waals surface area contributed by atoms with Crippen molar-refractivity contribution in [1.82, 2.24) is 30.9 Å². The maximum atomic E-state index is 5.15. The van der Waals surface area contributed by atoms with E-state index in [4.69, 9.17) is 8.94 Å². The van der Waals surface area contributed by atoms with Crippen LogP contribution in [0.5, 0.6) is 0 Å². The third-order valence-electron chi connectivity index (χ3n) is 2.48. The van der Waals surface area contributed by atoms with Crippen molar-refractivity contribution in [3.05, 3.63) is 31.2 Å². The summed E-state index contributed by atoms with van der Waals surface area (Å²) >= 11 is 1.37. The van der Waals surface area contributed by atoms with Crippen LogP contribution in [-0.2, 0) is 0 Å². The molecule has 0 aromatic carbocycles. The van der Waals surface area contributed by atoms with Gasteiger partial charge in [0, 0.05) is 5.27 Å². The van der Waals surface area contributed by atoms with Gasteiger partial charge in [0.25, 0.3) is 0 Å². The Morgan fingerprint density at radius 1 is 1.30 bits per heavy atom. The molecule has 0 bridgehead atoms. The van der Waals surface area contributed by atoms with E-state index in [1.165, 1.54) is 30.8 Å². The Hall–Kier alpha value is -2.63. The molecule has 1 unspecified atom stereocenters. The fourth-order valence-corrected chi connectivity index (χ4v) is 2.66. The maximum Gasteiger partial charge on any atom is 0.330 e. The summed E-state index contributed by atoms with van der Waals surface area (Å²) in [5, 5.41) is 22.0. The molecule has 0 saturated carbocycles. The molecule has 3 aromatic heterocycles. The van der Waals surface area contributed by atoms with E-state index in [1.54, 1.807) is 15.9 Å². The Balaban J connectivity index is 1.68. The van der Waals surface area contributed by atoms with Gasteiger partial charge in [-0.15, -0.1) is 10.2 Å². The molecule has 1 aliphatic heterocycles. The smallest absolute Gasteiger partial charge is 0.330 e. The first-order valence-corrected chi connectivity index (χ1v) is 6.15. The first-order chi connectivity index (χ1) is 9.92. The number of rotatable bonds is 3. The molecular formula is C8H5N8O3S. The van der Waals surface area contributed by atoms with E-state index in [-0.39, 0.29) is 5.37 Å². The van der Waals surface area contributed by atoms with E-state index < -0.39 is 0 Å². The largest absolute Gasteiger partial charge is 0.410 e. The van der Waals surface area contributed by atoms with Gasteiger partial charge in [-0.2, -0.15) is 0 Å². The standard InChI is InChI=1S/C8H5N8O3S/c1-6(13-19-10-1)15-4-16(8-12-9-3-17-8)20-7(15)5-2-18-14-11-5/h1-4,7H. The van der Waals surface area contributed by atoms with Crippen LogP contribution in [0.15, 0.2) is 32.4 Å². The van der Waals surface area contributed by atoms with Gasteiger partial charge in [-0.1, -0.05) is 10.3 Å². The van der Waals surface area contributed by atoms with E-state index in [9.17, 15) is 0 Å². The van der Waals surface area contributed by atoms with Gasteiger partial charge < -0.3 is 13.8 Å². The van der Waals surface area contributed by atoms with Gasteiger partial charge in [-0.05, 0) is 17.1 Å². The van der Waals surface area contributed by atoms with Crippen LogP contribution in [0.4, 0.5) is 11.8 Å². The molecule has 1 fully saturated rings. The fourth-order valence-electron chi connectivity index (χ4n) is 1.65. The minimum absolute atomic E-state index is 0.264. The summed E-state index contributed by atoms with van der Waals surface area (Å²) in [5.41, 5.74) is 0.608. The summed E-state index contributed by atoms with van der Waals surface area (Å²) in [6, 6.07) is 0.329. The molecule has 0 aliphatic carbocycles. The molecule has 11 nitrogen and oxygen atoms in total. The topological polar surface area (TPSA) is 123 Å². The van der Waals surface area contributed by atoms with E-state index in [0.29, 0.717) is 17.5 Å². The van der Waals surface area contributed by atoms with Gasteiger partial charge in [0.1, 0.15) is 17.3 Å². The van der Waals surface area contributed by atoms with E-state index in [1.807, 2.05) is 0 Å². The average Bonchev–Trinajstić information content (AvgIpc) is 3.22. The van der Waals surface area contributed by atoms with Crippen LogP contribution in [0, 0.1) is 6.67 Å². The van der Waals surface area contributed by atoms with Crippen LogP contribution in [0.1, 0.15) is 11.1 Å². The normalized spacial score (nSPS) is 18.9. The summed E-state index contributed by atoms with van der Waals surface area (Å²) in [7, 11) is 0. The SMILES string of the molecule is [CH]1N(c2nnco2)SC(c2conn2)N1c1cnon1. The molecule has 3 aromatic rings. The van der Waals surface area contributed by atoms with Crippen LogP contribution >= 0.6 is 11.9 Å². The highest BCUT2D eigenvalue weighted by molar-refractivity contribution is 8.01. The van der Waals surface area contributed by atoms with Crippen molar-refractivity contribution in [3.8, 4) is 0 Å². The minimum atomic E-state index is -0.264. The Morgan fingerprint density at radius 2 is 2.30 bits per heavy atom. The van der Waals surface area contributed by atoms with Crippen LogP contribution < -0.4 is 9.21 Å². The second kappa shape index (κ2) is 4.48. The molecule has 1 saturated heterocycles. The lowest BCUT2D eigenvalue weighted by Crippen LogP contribution is -2.21. The van der Waals surface area contributed by atoms with E-state index in [0.717, 1.165) is 0 Å². The predicted octanol–water partition coefficient (Wildman–Crippen LogP) is 0.628. The molecule has 1 radical (unpaired) electrons. The van der Waals surface area contributed by atoms with Gasteiger partial charge in [-0.25, -0.2) is 8.93 Å². The molecular weight excluding hydrogens is 288 g/mol. The monoisotopic (exact) mass is 293 g/mol. The number of hydrogen-bond donors (Lipinski definition) is 0. The molecule has 4 rings (SSSR count). The summed E-state index contributed by atoms with van der Waals surface area (Å²) in [5.74, 6) is 0.507. The molecule has 0 amide bonds. The number of anilines is 2. The van der Waals surface area contributed by atoms with Gasteiger partial charge in [0.2, 0.25) is 6.39 Å². The van der Waals surface area contributed by atoms with Crippen molar-refractivity contribution in [1.29, 1.82) is 0 Å². The zero-order valence-electron chi connectivity index (χ0n) is 9.60. The second-order valence-corrected chi connectivity index (χ2v) is 4.67. The third-order valence-corrected chi connectivity index (χ3v) is 3.62. The van der Waals surface area contributed by atoms with Crippen molar-refractivity contribution >= 4 is 23.8 Å². The van der Waals surface area contributed by atoms with Crippen molar-refractivity contribution in [3.63, 3.8) is 0 Å². The van der Waals surface area contributed by atoms with Gasteiger partial charge >= 0.3 is 6.01 Å². The summed E-state index contributed by atoms with van der Waals surface area (Å²) in [6.45, 7) is 1.72. The average molecular weight is 293 g/mol. The molecule has 0 N–H and O–H groups in total. The van der Waals surface area contributed by atoms with Crippen LogP contribution in [0.25, 0.3) is 0 Å². The van der Waals surface area contributed by atoms with Crippen molar-refractivity contribution < 1.29 is 13.6 Å².